The summed E-state index contributed by atoms with van der Waals surface area (Å²) in [5, 5.41) is 1.23. The van der Waals surface area contributed by atoms with Crippen molar-refractivity contribution in [3.05, 3.63) is 80.4 Å². The van der Waals surface area contributed by atoms with Gasteiger partial charge in [-0.2, -0.15) is 0 Å². The number of aromatic nitrogens is 1. The Bertz CT molecular complexity index is 738. The molecule has 190 valence electrons. The van der Waals surface area contributed by atoms with Gasteiger partial charge in [0.05, 0.1) is 5.52 Å². The second-order valence-corrected chi connectivity index (χ2v) is 7.47. The molecule has 0 aliphatic heterocycles. The molecule has 32 heavy (non-hydrogen) atoms. The van der Waals surface area contributed by atoms with Gasteiger partial charge in [-0.3, -0.25) is 4.98 Å². The minimum Gasteiger partial charge on any atom is -0.674 e. The minimum atomic E-state index is 0. The zero-order valence-electron chi connectivity index (χ0n) is 21.2. The fourth-order valence-corrected chi connectivity index (χ4v) is 3.18. The van der Waals surface area contributed by atoms with Crippen molar-refractivity contribution in [2.24, 2.45) is 5.92 Å². The Labute approximate surface area is 212 Å². The van der Waals surface area contributed by atoms with Crippen molar-refractivity contribution in [1.29, 1.82) is 0 Å². The summed E-state index contributed by atoms with van der Waals surface area (Å²) in [6.07, 6.45) is 14.0. The molecule has 1 aromatic heterocycles. The number of hydrogen-bond acceptors (Lipinski definition) is 1. The molecule has 5 N–H and O–H groups in total. The van der Waals surface area contributed by atoms with Crippen molar-refractivity contribution in [2.75, 3.05) is 0 Å². The molecule has 5 heteroatoms. The van der Waals surface area contributed by atoms with Crippen LogP contribution in [0.3, 0.4) is 0 Å². The van der Waals surface area contributed by atoms with Gasteiger partial charge in [0.15, 0.2) is 0 Å². The zero-order valence-corrected chi connectivity index (χ0v) is 23.5. The first-order valence-electron chi connectivity index (χ1n) is 10.3. The number of allylic oxidation sites excluding steroid dienone is 2. The maximum Gasteiger partial charge on any atom is 0.0739 e. The standard InChI is InChI=1S/C15H15N.C7H14N.C3H8.2CH3.2H2O.Pt/c1-4-5-6-13-7-8-14-11(2)9-10-16-15(14)12(13)3;1-6-4-2-3-5-7(6)8;1-3-2;;;;;/h4-10H,1H2,2-3H3;6-8H,2-5H2,1H3;3H2,1-2H3;2*1H3;2*1H2;/q;-1;;2*-1;;;/b6-5-;;;;;;;. The van der Waals surface area contributed by atoms with Crippen LogP contribution in [0.2, 0.25) is 0 Å². The number of pyridine rings is 1. The molecule has 2 aromatic rings. The summed E-state index contributed by atoms with van der Waals surface area (Å²) in [5.74, 6) is 0.670. The van der Waals surface area contributed by atoms with Gasteiger partial charge in [-0.25, -0.2) is 0 Å². The second kappa shape index (κ2) is 22.9. The number of hydrogen-bond donors (Lipinski definition) is 0. The Kier molecular flexibility index (Phi) is 29.3. The SMILES string of the molecule is C=C/C=C\c1ccc2c(C)ccnc2c1C.CC1CCCCC1[NH-].CCC.O.O.[CH3-].[CH3-].[Pt]. The van der Waals surface area contributed by atoms with Gasteiger partial charge in [0.2, 0.25) is 0 Å². The van der Waals surface area contributed by atoms with Crippen LogP contribution < -0.4 is 0 Å². The largest absolute Gasteiger partial charge is 0.674 e. The maximum atomic E-state index is 7.48. The predicted octanol–water partition coefficient (Wildman–Crippen LogP) is 7.33. The molecule has 0 radical (unpaired) electrons. The van der Waals surface area contributed by atoms with E-state index in [0.717, 1.165) is 11.9 Å². The van der Waals surface area contributed by atoms with Gasteiger partial charge in [0.25, 0.3) is 0 Å². The molecule has 2 atom stereocenters. The quantitative estimate of drug-likeness (QED) is 0.253. The number of nitrogens with one attached hydrogen (secondary N) is 1. The van der Waals surface area contributed by atoms with Crippen LogP contribution in [0.4, 0.5) is 0 Å². The summed E-state index contributed by atoms with van der Waals surface area (Å²) in [4.78, 5) is 4.45. The number of rotatable bonds is 2. The van der Waals surface area contributed by atoms with E-state index in [9.17, 15) is 0 Å². The molecular formula is C27H47N2O2Pt-3. The fraction of sp³-hybridized carbons (Fsp3) is 0.444. The molecule has 1 fully saturated rings. The summed E-state index contributed by atoms with van der Waals surface area (Å²) in [6.45, 7) is 14.3. The van der Waals surface area contributed by atoms with E-state index >= 15 is 0 Å². The van der Waals surface area contributed by atoms with E-state index in [-0.39, 0.29) is 52.9 Å². The normalized spacial score (nSPS) is 16.1. The Morgan fingerprint density at radius 2 is 1.62 bits per heavy atom. The van der Waals surface area contributed by atoms with Crippen LogP contribution in [0.1, 0.15) is 69.6 Å². The Balaban J connectivity index is -0.000000132. The predicted molar refractivity (Wildman–Crippen MR) is 142 cm³/mol. The molecule has 1 aliphatic rings. The van der Waals surface area contributed by atoms with Crippen molar-refractivity contribution in [3.8, 4) is 0 Å². The number of benzene rings is 1. The molecular weight excluding hydrogens is 579 g/mol. The third-order valence-corrected chi connectivity index (χ3v) is 4.95. The zero-order chi connectivity index (χ0) is 20.2. The Morgan fingerprint density at radius 1 is 1.06 bits per heavy atom. The van der Waals surface area contributed by atoms with E-state index in [4.69, 9.17) is 5.73 Å². The third kappa shape index (κ3) is 13.3. The van der Waals surface area contributed by atoms with Gasteiger partial charge in [-0.1, -0.05) is 95.7 Å². The monoisotopic (exact) mass is 626 g/mol. The molecule has 1 heterocycles. The van der Waals surface area contributed by atoms with E-state index in [2.05, 4.69) is 64.4 Å². The summed E-state index contributed by atoms with van der Waals surface area (Å²) in [7, 11) is 0. The van der Waals surface area contributed by atoms with Crippen molar-refractivity contribution in [2.45, 2.75) is 72.8 Å². The smallest absolute Gasteiger partial charge is 0.0739 e. The van der Waals surface area contributed by atoms with Crippen LogP contribution in [0.5, 0.6) is 0 Å². The average molecular weight is 627 g/mol. The number of fused-ring (bicyclic) bond motifs is 1. The van der Waals surface area contributed by atoms with Gasteiger partial charge in [0.1, 0.15) is 0 Å². The van der Waals surface area contributed by atoms with Crippen molar-refractivity contribution >= 4 is 17.0 Å². The molecule has 3 rings (SSSR count). The molecule has 1 aliphatic carbocycles. The molecule has 1 aromatic carbocycles. The molecule has 1 saturated carbocycles. The van der Waals surface area contributed by atoms with Crippen LogP contribution in [-0.2, 0) is 21.1 Å². The molecule has 0 spiro atoms. The number of aryl methyl sites for hydroxylation is 2. The van der Waals surface area contributed by atoms with Gasteiger partial charge >= 0.3 is 0 Å². The van der Waals surface area contributed by atoms with Crippen LogP contribution in [0.25, 0.3) is 22.7 Å². The topological polar surface area (TPSA) is 99.7 Å². The summed E-state index contributed by atoms with van der Waals surface area (Å²) >= 11 is 0. The van der Waals surface area contributed by atoms with Gasteiger partial charge in [-0.05, 0) is 36.6 Å². The van der Waals surface area contributed by atoms with E-state index in [1.807, 2.05) is 18.3 Å². The Morgan fingerprint density at radius 3 is 2.09 bits per heavy atom. The molecule has 0 bridgehead atoms. The van der Waals surface area contributed by atoms with E-state index in [0.29, 0.717) is 5.92 Å². The van der Waals surface area contributed by atoms with Crippen molar-refractivity contribution < 1.29 is 32.0 Å². The van der Waals surface area contributed by atoms with Crippen LogP contribution in [0.15, 0.2) is 43.1 Å². The van der Waals surface area contributed by atoms with Crippen molar-refractivity contribution in [1.82, 2.24) is 4.98 Å². The summed E-state index contributed by atoms with van der Waals surface area (Å²) < 4.78 is 0. The molecule has 0 saturated heterocycles. The van der Waals surface area contributed by atoms with Gasteiger partial charge < -0.3 is 31.5 Å². The summed E-state index contributed by atoms with van der Waals surface area (Å²) in [5.41, 5.74) is 12.3. The van der Waals surface area contributed by atoms with Crippen LogP contribution in [-0.4, -0.2) is 22.0 Å². The molecule has 4 nitrogen and oxygen atoms in total. The van der Waals surface area contributed by atoms with Crippen LogP contribution >= 0.6 is 0 Å². The Hall–Kier alpha value is -1.32. The van der Waals surface area contributed by atoms with Gasteiger partial charge in [0, 0.05) is 32.6 Å². The molecule has 2 unspecified atom stereocenters. The van der Waals surface area contributed by atoms with E-state index < -0.39 is 0 Å². The van der Waals surface area contributed by atoms with E-state index in [1.165, 1.54) is 47.8 Å². The third-order valence-electron chi connectivity index (χ3n) is 4.95. The number of nitrogens with zero attached hydrogens (tertiary/aromatic N) is 1. The van der Waals surface area contributed by atoms with Gasteiger partial charge in [-0.15, -0.1) is 6.04 Å². The molecule has 0 amide bonds. The van der Waals surface area contributed by atoms with Crippen molar-refractivity contribution in [3.63, 3.8) is 0 Å². The average Bonchev–Trinajstić information content (AvgIpc) is 2.65. The van der Waals surface area contributed by atoms with Crippen LogP contribution in [0, 0.1) is 34.6 Å². The first-order chi connectivity index (χ1) is 13.0. The van der Waals surface area contributed by atoms with E-state index in [1.54, 1.807) is 6.08 Å². The maximum absolute atomic E-state index is 7.48. The first-order valence-corrected chi connectivity index (χ1v) is 10.3. The summed E-state index contributed by atoms with van der Waals surface area (Å²) in [6, 6.07) is 6.56. The second-order valence-electron chi connectivity index (χ2n) is 7.47. The first kappa shape index (κ1) is 41.0. The minimum absolute atomic E-state index is 0. The fourth-order valence-electron chi connectivity index (χ4n) is 3.18.